The average Bonchev–Trinajstić information content (AvgIpc) is 2.28. The van der Waals surface area contributed by atoms with Crippen molar-refractivity contribution in [2.75, 3.05) is 0 Å². The van der Waals surface area contributed by atoms with E-state index in [1.165, 1.54) is 19.1 Å². The molecule has 18 heavy (non-hydrogen) atoms. The van der Waals surface area contributed by atoms with Gasteiger partial charge in [0.25, 0.3) is 0 Å². The third-order valence-corrected chi connectivity index (χ3v) is 2.42. The van der Waals surface area contributed by atoms with E-state index in [2.05, 4.69) is 0 Å². The van der Waals surface area contributed by atoms with Crippen LogP contribution in [-0.2, 0) is 9.53 Å². The Bertz CT molecular complexity index is 431. The highest BCUT2D eigenvalue weighted by Gasteiger charge is 2.17. The van der Waals surface area contributed by atoms with Gasteiger partial charge in [-0.15, -0.1) is 0 Å². The van der Waals surface area contributed by atoms with Crippen LogP contribution in [0.3, 0.4) is 0 Å². The minimum atomic E-state index is -0.673. The van der Waals surface area contributed by atoms with Crippen molar-refractivity contribution in [3.8, 4) is 5.75 Å². The number of ether oxygens (including phenoxy) is 2. The summed E-state index contributed by atoms with van der Waals surface area (Å²) in [5.41, 5.74) is -0.484. The summed E-state index contributed by atoms with van der Waals surface area (Å²) in [6.45, 7) is 3.21. The highest BCUT2D eigenvalue weighted by molar-refractivity contribution is 6.20. The molecule has 0 aromatic heterocycles. The van der Waals surface area contributed by atoms with Crippen molar-refractivity contribution < 1.29 is 19.1 Å². The molecule has 4 nitrogen and oxygen atoms in total. The second-order valence-corrected chi connectivity index (χ2v) is 4.18. The van der Waals surface area contributed by atoms with Gasteiger partial charge in [-0.25, -0.2) is 4.79 Å². The molecule has 1 atom stereocenters. The number of benzene rings is 1. The highest BCUT2D eigenvalue weighted by Crippen LogP contribution is 2.21. The maximum Gasteiger partial charge on any atom is 0.343 e. The van der Waals surface area contributed by atoms with Crippen LogP contribution < -0.4 is 4.74 Å². The van der Waals surface area contributed by atoms with E-state index in [9.17, 15) is 9.59 Å². The molecule has 0 aliphatic rings. The quantitative estimate of drug-likeness (QED) is 0.469. The van der Waals surface area contributed by atoms with Crippen molar-refractivity contribution in [1.29, 1.82) is 0 Å². The van der Waals surface area contributed by atoms with Gasteiger partial charge in [0.1, 0.15) is 11.3 Å². The van der Waals surface area contributed by atoms with Gasteiger partial charge in [0.05, 0.1) is 0 Å². The van der Waals surface area contributed by atoms with Crippen LogP contribution in [0.25, 0.3) is 0 Å². The van der Waals surface area contributed by atoms with E-state index in [1.54, 1.807) is 12.1 Å². The van der Waals surface area contributed by atoms with Gasteiger partial charge in [-0.05, 0) is 18.6 Å². The first-order valence-electron chi connectivity index (χ1n) is 5.67. The topological polar surface area (TPSA) is 52.6 Å². The summed E-state index contributed by atoms with van der Waals surface area (Å²) in [5, 5.41) is 0. The maximum absolute atomic E-state index is 11.8. The van der Waals surface area contributed by atoms with E-state index in [0.29, 0.717) is 6.42 Å². The molecule has 1 aromatic rings. The molecule has 0 saturated heterocycles. The number of halogens is 1. The Morgan fingerprint density at radius 1 is 1.33 bits per heavy atom. The molecule has 0 saturated carbocycles. The normalized spacial score (nSPS) is 11.7. The van der Waals surface area contributed by atoms with Crippen LogP contribution in [0.5, 0.6) is 5.75 Å². The van der Waals surface area contributed by atoms with Crippen LogP contribution in [0, 0.1) is 0 Å². The van der Waals surface area contributed by atoms with Gasteiger partial charge in [0.2, 0.25) is 0 Å². The molecule has 0 bridgehead atoms. The van der Waals surface area contributed by atoms with Crippen LogP contribution >= 0.6 is 11.6 Å². The van der Waals surface area contributed by atoms with Gasteiger partial charge in [0, 0.05) is 6.92 Å². The van der Waals surface area contributed by atoms with E-state index < -0.39 is 17.5 Å². The number of carbonyl (C=O) groups is 2. The SMILES string of the molecule is CCC[C@@H](Cl)OC(=O)c1ccccc1OC(C)=O. The Kier molecular flexibility index (Phi) is 5.65. The lowest BCUT2D eigenvalue weighted by Gasteiger charge is -2.12. The summed E-state index contributed by atoms with van der Waals surface area (Å²) in [6, 6.07) is 6.38. The standard InChI is InChI=1S/C13H15ClO4/c1-3-6-12(14)18-13(16)10-7-4-5-8-11(10)17-9(2)15/h4-5,7-8,12H,3,6H2,1-2H3/t12-/m0/s1. The van der Waals surface area contributed by atoms with Gasteiger partial charge in [-0.2, -0.15) is 0 Å². The molecule has 0 spiro atoms. The first kappa shape index (κ1) is 14.5. The second-order valence-electron chi connectivity index (χ2n) is 3.69. The van der Waals surface area contributed by atoms with Gasteiger partial charge < -0.3 is 9.47 Å². The minimum Gasteiger partial charge on any atom is -0.442 e. The fourth-order valence-electron chi connectivity index (χ4n) is 1.34. The minimum absolute atomic E-state index is 0.176. The lowest BCUT2D eigenvalue weighted by atomic mass is 10.2. The number of hydrogen-bond donors (Lipinski definition) is 0. The number of hydrogen-bond acceptors (Lipinski definition) is 4. The Hall–Kier alpha value is -1.55. The molecule has 98 valence electrons. The third kappa shape index (κ3) is 4.37. The fourth-order valence-corrected chi connectivity index (χ4v) is 1.64. The molecule has 0 unspecified atom stereocenters. The zero-order chi connectivity index (χ0) is 13.5. The van der Waals surface area contributed by atoms with Crippen LogP contribution in [0.15, 0.2) is 24.3 Å². The summed E-state index contributed by atoms with van der Waals surface area (Å²) in [7, 11) is 0. The number of esters is 2. The molecule has 0 aliphatic heterocycles. The Labute approximate surface area is 111 Å². The molecule has 0 aliphatic carbocycles. The zero-order valence-corrected chi connectivity index (χ0v) is 11.1. The van der Waals surface area contributed by atoms with Crippen LogP contribution in [0.1, 0.15) is 37.0 Å². The van der Waals surface area contributed by atoms with E-state index in [-0.39, 0.29) is 11.3 Å². The molecule has 5 heteroatoms. The smallest absolute Gasteiger partial charge is 0.343 e. The van der Waals surface area contributed by atoms with Crippen LogP contribution in [-0.4, -0.2) is 17.5 Å². The maximum atomic E-state index is 11.8. The Morgan fingerprint density at radius 2 is 2.00 bits per heavy atom. The van der Waals surface area contributed by atoms with Crippen molar-refractivity contribution in [3.05, 3.63) is 29.8 Å². The van der Waals surface area contributed by atoms with Gasteiger partial charge >= 0.3 is 11.9 Å². The molecular formula is C13H15ClO4. The fraction of sp³-hybridized carbons (Fsp3) is 0.385. The average molecular weight is 271 g/mol. The predicted molar refractivity (Wildman–Crippen MR) is 67.7 cm³/mol. The Morgan fingerprint density at radius 3 is 2.61 bits per heavy atom. The van der Waals surface area contributed by atoms with Crippen molar-refractivity contribution in [2.45, 2.75) is 32.3 Å². The monoisotopic (exact) mass is 270 g/mol. The number of rotatable bonds is 5. The third-order valence-electron chi connectivity index (χ3n) is 2.11. The molecule has 1 aromatic carbocycles. The molecular weight excluding hydrogens is 256 g/mol. The zero-order valence-electron chi connectivity index (χ0n) is 10.3. The van der Waals surface area contributed by atoms with Crippen molar-refractivity contribution in [1.82, 2.24) is 0 Å². The molecule has 1 rings (SSSR count). The molecule has 0 amide bonds. The Balaban J connectivity index is 2.81. The predicted octanol–water partition coefficient (Wildman–Crippen LogP) is 3.13. The van der Waals surface area contributed by atoms with E-state index >= 15 is 0 Å². The number of carbonyl (C=O) groups excluding carboxylic acids is 2. The molecule has 0 fully saturated rings. The van der Waals surface area contributed by atoms with Crippen LogP contribution in [0.2, 0.25) is 0 Å². The van der Waals surface area contributed by atoms with E-state index in [0.717, 1.165) is 6.42 Å². The molecule has 0 radical (unpaired) electrons. The van der Waals surface area contributed by atoms with Crippen LogP contribution in [0.4, 0.5) is 0 Å². The summed E-state index contributed by atoms with van der Waals surface area (Å²) in [5.74, 6) is -0.915. The van der Waals surface area contributed by atoms with E-state index in [1.807, 2.05) is 6.92 Å². The van der Waals surface area contributed by atoms with Crippen molar-refractivity contribution >= 4 is 23.5 Å². The summed E-state index contributed by atoms with van der Waals surface area (Å²) in [6.07, 6.45) is 1.38. The second kappa shape index (κ2) is 7.01. The first-order valence-corrected chi connectivity index (χ1v) is 6.10. The molecule has 0 heterocycles. The first-order chi connectivity index (χ1) is 8.54. The molecule has 0 N–H and O–H groups in total. The van der Waals surface area contributed by atoms with Crippen molar-refractivity contribution in [3.63, 3.8) is 0 Å². The van der Waals surface area contributed by atoms with Gasteiger partial charge in [0.15, 0.2) is 5.56 Å². The van der Waals surface area contributed by atoms with E-state index in [4.69, 9.17) is 21.1 Å². The van der Waals surface area contributed by atoms with Crippen molar-refractivity contribution in [2.24, 2.45) is 0 Å². The lowest BCUT2D eigenvalue weighted by Crippen LogP contribution is -2.14. The summed E-state index contributed by atoms with van der Waals surface area (Å²) >= 11 is 5.83. The van der Waals surface area contributed by atoms with Gasteiger partial charge in [-0.3, -0.25) is 4.79 Å². The summed E-state index contributed by atoms with van der Waals surface area (Å²) in [4.78, 5) is 22.7. The lowest BCUT2D eigenvalue weighted by molar-refractivity contribution is -0.131. The largest absolute Gasteiger partial charge is 0.442 e. The number of alkyl halides is 1. The summed E-state index contributed by atoms with van der Waals surface area (Å²) < 4.78 is 9.96. The number of para-hydroxylation sites is 1. The highest BCUT2D eigenvalue weighted by atomic mass is 35.5. The van der Waals surface area contributed by atoms with Gasteiger partial charge in [-0.1, -0.05) is 37.1 Å².